The Morgan fingerprint density at radius 2 is 1.90 bits per heavy atom. The predicted molar refractivity (Wildman–Crippen MR) is 113 cm³/mol. The van der Waals surface area contributed by atoms with Crippen LogP contribution in [0, 0.1) is 28.6 Å². The quantitative estimate of drug-likeness (QED) is 0.371. The predicted octanol–water partition coefficient (Wildman–Crippen LogP) is 4.51. The van der Waals surface area contributed by atoms with Crippen LogP contribution in [0.2, 0.25) is 0 Å². The van der Waals surface area contributed by atoms with Gasteiger partial charge in [-0.2, -0.15) is 0 Å². The summed E-state index contributed by atoms with van der Waals surface area (Å²) in [4.78, 5) is 36.7. The van der Waals surface area contributed by atoms with Crippen molar-refractivity contribution in [3.05, 3.63) is 11.6 Å². The average molecular weight is 433 g/mol. The molecule has 0 aromatic heterocycles. The molecule has 3 saturated carbocycles. The lowest BCUT2D eigenvalue weighted by Gasteiger charge is -2.69. The average Bonchev–Trinajstić information content (AvgIpc) is 3.10. The van der Waals surface area contributed by atoms with Crippen molar-refractivity contribution in [2.45, 2.75) is 96.4 Å². The van der Waals surface area contributed by atoms with Gasteiger partial charge in [0.2, 0.25) is 0 Å². The Balaban J connectivity index is 1.50. The van der Waals surface area contributed by atoms with Crippen molar-refractivity contribution in [1.29, 1.82) is 0 Å². The summed E-state index contributed by atoms with van der Waals surface area (Å²) in [5, 5.41) is 0. The van der Waals surface area contributed by atoms with E-state index in [9.17, 15) is 9.59 Å². The molecule has 31 heavy (non-hydrogen) atoms. The first-order valence-corrected chi connectivity index (χ1v) is 11.9. The van der Waals surface area contributed by atoms with Crippen LogP contribution in [0.1, 0.15) is 79.1 Å². The topological polar surface area (TPSA) is 71.1 Å². The minimum Gasteiger partial charge on any atom is -0.469 e. The molecule has 6 aliphatic rings. The molecule has 0 aromatic rings. The first-order valence-electron chi connectivity index (χ1n) is 11.9. The highest BCUT2D eigenvalue weighted by Crippen LogP contribution is 2.73. The number of hydrogen-bond acceptors (Lipinski definition) is 6. The van der Waals surface area contributed by atoms with Gasteiger partial charge in [0.25, 0.3) is 0 Å². The summed E-state index contributed by atoms with van der Waals surface area (Å²) in [5.74, 6) is 0.156. The van der Waals surface area contributed by atoms with Gasteiger partial charge in [-0.25, -0.2) is 9.78 Å². The van der Waals surface area contributed by atoms with Gasteiger partial charge in [-0.1, -0.05) is 26.8 Å². The Labute approximate surface area is 184 Å². The van der Waals surface area contributed by atoms with Crippen molar-refractivity contribution < 1.29 is 28.8 Å². The van der Waals surface area contributed by atoms with Crippen LogP contribution in [0.4, 0.5) is 0 Å². The van der Waals surface area contributed by atoms with Gasteiger partial charge in [0.1, 0.15) is 17.3 Å². The molecule has 0 radical (unpaired) electrons. The van der Waals surface area contributed by atoms with Crippen molar-refractivity contribution >= 4 is 11.9 Å². The maximum atomic E-state index is 12.4. The van der Waals surface area contributed by atoms with Crippen molar-refractivity contribution in [3.8, 4) is 0 Å². The van der Waals surface area contributed by atoms with Gasteiger partial charge < -0.3 is 9.47 Å². The molecule has 0 aromatic carbocycles. The molecular formula is C25H36O6. The highest BCUT2D eigenvalue weighted by atomic mass is 17.2. The van der Waals surface area contributed by atoms with E-state index in [0.29, 0.717) is 12.3 Å². The SMILES string of the molecule is COC(=O)[C@@H](C)[C@@H]1CC[C@H]2[C@]1(C)CC=C1[C@]3(C)CC[C@@H](OC(C)=O)C[C@@]34CC[C@@]12OO4. The van der Waals surface area contributed by atoms with E-state index in [0.717, 1.165) is 44.9 Å². The van der Waals surface area contributed by atoms with Gasteiger partial charge in [-0.05, 0) is 61.9 Å². The lowest BCUT2D eigenvalue weighted by Crippen LogP contribution is -2.71. The van der Waals surface area contributed by atoms with Crippen molar-refractivity contribution in [2.75, 3.05) is 7.11 Å². The van der Waals surface area contributed by atoms with E-state index < -0.39 is 11.2 Å². The van der Waals surface area contributed by atoms with E-state index in [4.69, 9.17) is 19.2 Å². The summed E-state index contributed by atoms with van der Waals surface area (Å²) >= 11 is 0. The van der Waals surface area contributed by atoms with Crippen LogP contribution in [0.3, 0.4) is 0 Å². The summed E-state index contributed by atoms with van der Waals surface area (Å²) in [6, 6.07) is 0. The number of methoxy groups -OCH3 is 1. The lowest BCUT2D eigenvalue weighted by atomic mass is 9.44. The minimum absolute atomic E-state index is 0.0108. The third kappa shape index (κ3) is 2.64. The molecule has 4 aliphatic carbocycles. The van der Waals surface area contributed by atoms with Crippen LogP contribution in [0.15, 0.2) is 11.6 Å². The Morgan fingerprint density at radius 1 is 1.13 bits per heavy atom. The van der Waals surface area contributed by atoms with E-state index >= 15 is 0 Å². The fourth-order valence-corrected chi connectivity index (χ4v) is 8.50. The summed E-state index contributed by atoms with van der Waals surface area (Å²) in [7, 11) is 1.48. The molecule has 2 bridgehead atoms. The molecule has 6 rings (SSSR count). The third-order valence-electron chi connectivity index (χ3n) is 10.1. The number of rotatable bonds is 3. The molecule has 8 atom stereocenters. The van der Waals surface area contributed by atoms with E-state index in [1.165, 1.54) is 19.6 Å². The molecule has 0 unspecified atom stereocenters. The number of carbonyl (C=O) groups is 2. The molecule has 2 spiro atoms. The third-order valence-corrected chi connectivity index (χ3v) is 10.1. The smallest absolute Gasteiger partial charge is 0.308 e. The molecule has 0 amide bonds. The Bertz CT molecular complexity index is 824. The molecule has 0 N–H and O–H groups in total. The van der Waals surface area contributed by atoms with Gasteiger partial charge in [-0.15, -0.1) is 0 Å². The van der Waals surface area contributed by atoms with E-state index in [2.05, 4.69) is 19.9 Å². The van der Waals surface area contributed by atoms with Crippen LogP contribution in [-0.2, 0) is 28.8 Å². The Kier molecular flexibility index (Phi) is 4.70. The van der Waals surface area contributed by atoms with Gasteiger partial charge in [-0.3, -0.25) is 9.59 Å². The molecule has 2 saturated heterocycles. The van der Waals surface area contributed by atoms with Crippen LogP contribution in [-0.4, -0.2) is 36.4 Å². The largest absolute Gasteiger partial charge is 0.469 e. The number of ether oxygens (including phenoxy) is 2. The fourth-order valence-electron chi connectivity index (χ4n) is 8.50. The Hall–Kier alpha value is -1.40. The maximum Gasteiger partial charge on any atom is 0.308 e. The summed E-state index contributed by atoms with van der Waals surface area (Å²) < 4.78 is 10.7. The normalized spacial score (nSPS) is 48.7. The zero-order valence-electron chi connectivity index (χ0n) is 19.5. The van der Waals surface area contributed by atoms with Crippen LogP contribution in [0.25, 0.3) is 0 Å². The van der Waals surface area contributed by atoms with Crippen LogP contribution >= 0.6 is 0 Å². The minimum atomic E-state index is -0.427. The second kappa shape index (κ2) is 6.80. The number of carbonyl (C=O) groups excluding carboxylic acids is 2. The number of allylic oxidation sites excluding steroid dienone is 1. The van der Waals surface area contributed by atoms with Crippen LogP contribution < -0.4 is 0 Å². The van der Waals surface area contributed by atoms with Gasteiger partial charge >= 0.3 is 11.9 Å². The maximum absolute atomic E-state index is 12.4. The molecule has 2 heterocycles. The van der Waals surface area contributed by atoms with Gasteiger partial charge in [0.05, 0.1) is 13.0 Å². The van der Waals surface area contributed by atoms with Gasteiger partial charge in [0.15, 0.2) is 0 Å². The second-order valence-electron chi connectivity index (χ2n) is 11.2. The van der Waals surface area contributed by atoms with E-state index in [-0.39, 0.29) is 40.7 Å². The fraction of sp³-hybridized carbons (Fsp3) is 0.840. The van der Waals surface area contributed by atoms with Crippen LogP contribution in [0.5, 0.6) is 0 Å². The molecule has 5 fully saturated rings. The molecular weight excluding hydrogens is 396 g/mol. The number of fused-ring (bicyclic) bond motifs is 3. The number of esters is 2. The van der Waals surface area contributed by atoms with E-state index in [1.807, 2.05) is 6.92 Å². The highest BCUT2D eigenvalue weighted by Gasteiger charge is 2.74. The number of hydrogen-bond donors (Lipinski definition) is 0. The standard InChI is InChI=1S/C25H36O6/c1-15(21(27)28-5)18-6-7-19-22(18,3)10-9-20-23(4)11-8-17(29-16(2)26)14-24(23)12-13-25(19,20)31-30-24/h9,15,17-19H,6-8,10-14H2,1-5H3/t15-,17+,18-,19-,22+,23-,24-,25-/m0/s1. The molecule has 172 valence electrons. The van der Waals surface area contributed by atoms with Crippen molar-refractivity contribution in [1.82, 2.24) is 0 Å². The van der Waals surface area contributed by atoms with Gasteiger partial charge in [0, 0.05) is 24.7 Å². The highest BCUT2D eigenvalue weighted by molar-refractivity contribution is 5.72. The molecule has 6 heteroatoms. The summed E-state index contributed by atoms with van der Waals surface area (Å²) in [6.45, 7) is 8.18. The van der Waals surface area contributed by atoms with Crippen molar-refractivity contribution in [3.63, 3.8) is 0 Å². The Morgan fingerprint density at radius 3 is 2.55 bits per heavy atom. The zero-order valence-corrected chi connectivity index (χ0v) is 19.5. The first kappa shape index (κ1) is 21.4. The lowest BCUT2D eigenvalue weighted by molar-refractivity contribution is -0.494. The summed E-state index contributed by atoms with van der Waals surface area (Å²) in [5.41, 5.74) is 0.468. The second-order valence-corrected chi connectivity index (χ2v) is 11.2. The van der Waals surface area contributed by atoms with E-state index in [1.54, 1.807) is 0 Å². The molecule has 6 nitrogen and oxygen atoms in total. The zero-order chi connectivity index (χ0) is 22.2. The van der Waals surface area contributed by atoms with Crippen molar-refractivity contribution in [2.24, 2.45) is 28.6 Å². The first-order chi connectivity index (χ1) is 14.6. The summed E-state index contributed by atoms with van der Waals surface area (Å²) in [6.07, 6.45) is 9.69. The molecule has 2 aliphatic heterocycles. The monoisotopic (exact) mass is 432 g/mol.